The SMILES string of the molecule is COc1cc(C(=O)c2coc(-c3ccc4cc[nH]c4c3)n2)cc(OC)c1OC. The van der Waals surface area contributed by atoms with E-state index in [0.717, 1.165) is 16.5 Å². The van der Waals surface area contributed by atoms with Crippen molar-refractivity contribution in [2.45, 2.75) is 0 Å². The van der Waals surface area contributed by atoms with E-state index in [0.29, 0.717) is 28.7 Å². The largest absolute Gasteiger partial charge is 0.493 e. The number of hydrogen-bond donors (Lipinski definition) is 1. The predicted octanol–water partition coefficient (Wildman–Crippen LogP) is 4.08. The van der Waals surface area contributed by atoms with Gasteiger partial charge in [-0.05, 0) is 35.7 Å². The molecule has 4 rings (SSSR count). The fourth-order valence-corrected chi connectivity index (χ4v) is 3.05. The number of methoxy groups -OCH3 is 3. The molecule has 1 N–H and O–H groups in total. The minimum atomic E-state index is -0.310. The van der Waals surface area contributed by atoms with Crippen molar-refractivity contribution in [1.29, 1.82) is 0 Å². The molecule has 0 aliphatic rings. The molecular weight excluding hydrogens is 360 g/mol. The molecule has 0 bridgehead atoms. The summed E-state index contributed by atoms with van der Waals surface area (Å²) in [6.45, 7) is 0. The van der Waals surface area contributed by atoms with Gasteiger partial charge in [-0.15, -0.1) is 0 Å². The summed E-state index contributed by atoms with van der Waals surface area (Å²) in [4.78, 5) is 20.4. The van der Waals surface area contributed by atoms with Crippen molar-refractivity contribution >= 4 is 16.7 Å². The molecule has 0 spiro atoms. The van der Waals surface area contributed by atoms with E-state index in [4.69, 9.17) is 18.6 Å². The first-order chi connectivity index (χ1) is 13.6. The molecule has 0 radical (unpaired) electrons. The van der Waals surface area contributed by atoms with Crippen molar-refractivity contribution in [2.24, 2.45) is 0 Å². The molecule has 0 aliphatic carbocycles. The monoisotopic (exact) mass is 378 g/mol. The van der Waals surface area contributed by atoms with E-state index in [1.807, 2.05) is 30.5 Å². The van der Waals surface area contributed by atoms with Crippen LogP contribution in [0.3, 0.4) is 0 Å². The average molecular weight is 378 g/mol. The van der Waals surface area contributed by atoms with Gasteiger partial charge in [-0.3, -0.25) is 4.79 Å². The highest BCUT2D eigenvalue weighted by Crippen LogP contribution is 2.38. The van der Waals surface area contributed by atoms with Gasteiger partial charge >= 0.3 is 0 Å². The van der Waals surface area contributed by atoms with Crippen molar-refractivity contribution in [2.75, 3.05) is 21.3 Å². The molecule has 0 saturated carbocycles. The van der Waals surface area contributed by atoms with E-state index in [1.54, 1.807) is 12.1 Å². The normalized spacial score (nSPS) is 10.8. The van der Waals surface area contributed by atoms with Gasteiger partial charge in [0, 0.05) is 22.8 Å². The molecule has 0 aliphatic heterocycles. The number of oxazole rings is 1. The van der Waals surface area contributed by atoms with Gasteiger partial charge in [0.1, 0.15) is 6.26 Å². The van der Waals surface area contributed by atoms with Crippen molar-refractivity contribution in [1.82, 2.24) is 9.97 Å². The summed E-state index contributed by atoms with van der Waals surface area (Å²) in [6, 6.07) is 10.9. The van der Waals surface area contributed by atoms with E-state index >= 15 is 0 Å². The Kier molecular flexibility index (Phi) is 4.49. The molecule has 7 heteroatoms. The maximum absolute atomic E-state index is 12.9. The quantitative estimate of drug-likeness (QED) is 0.509. The Morgan fingerprint density at radius 2 is 1.75 bits per heavy atom. The predicted molar refractivity (Wildman–Crippen MR) is 103 cm³/mol. The highest BCUT2D eigenvalue weighted by molar-refractivity contribution is 6.08. The van der Waals surface area contributed by atoms with Gasteiger partial charge < -0.3 is 23.6 Å². The number of rotatable bonds is 6. The number of nitrogens with one attached hydrogen (secondary N) is 1. The summed E-state index contributed by atoms with van der Waals surface area (Å²) < 4.78 is 21.5. The van der Waals surface area contributed by atoms with E-state index in [1.165, 1.54) is 27.6 Å². The highest BCUT2D eigenvalue weighted by Gasteiger charge is 2.21. The van der Waals surface area contributed by atoms with E-state index in [2.05, 4.69) is 9.97 Å². The second-order valence-corrected chi connectivity index (χ2v) is 6.06. The first-order valence-corrected chi connectivity index (χ1v) is 8.52. The first-order valence-electron chi connectivity index (χ1n) is 8.52. The summed E-state index contributed by atoms with van der Waals surface area (Å²) in [5, 5.41) is 1.09. The molecule has 4 aromatic rings. The van der Waals surface area contributed by atoms with E-state index in [9.17, 15) is 4.79 Å². The molecule has 0 unspecified atom stereocenters. The van der Waals surface area contributed by atoms with E-state index < -0.39 is 0 Å². The average Bonchev–Trinajstić information content (AvgIpc) is 3.40. The molecule has 2 aromatic heterocycles. The maximum atomic E-state index is 12.9. The van der Waals surface area contributed by atoms with Crippen LogP contribution in [0.1, 0.15) is 16.1 Å². The lowest BCUT2D eigenvalue weighted by Gasteiger charge is -2.13. The van der Waals surface area contributed by atoms with Crippen LogP contribution in [0.15, 0.2) is 53.3 Å². The number of fused-ring (bicyclic) bond motifs is 1. The number of aromatic amines is 1. The number of nitrogens with zero attached hydrogens (tertiary/aromatic N) is 1. The third kappa shape index (κ3) is 2.96. The van der Waals surface area contributed by atoms with Crippen LogP contribution < -0.4 is 14.2 Å². The summed E-state index contributed by atoms with van der Waals surface area (Å²) in [7, 11) is 4.50. The zero-order valence-electron chi connectivity index (χ0n) is 15.6. The zero-order chi connectivity index (χ0) is 19.7. The van der Waals surface area contributed by atoms with Crippen LogP contribution in [0.2, 0.25) is 0 Å². The molecule has 7 nitrogen and oxygen atoms in total. The molecule has 0 saturated heterocycles. The summed E-state index contributed by atoms with van der Waals surface area (Å²) in [5.41, 5.74) is 2.29. The third-order valence-corrected chi connectivity index (χ3v) is 4.47. The number of hydrogen-bond acceptors (Lipinski definition) is 6. The Hall–Kier alpha value is -3.74. The lowest BCUT2D eigenvalue weighted by atomic mass is 10.1. The van der Waals surface area contributed by atoms with Gasteiger partial charge in [-0.25, -0.2) is 4.98 Å². The Bertz CT molecular complexity index is 1130. The molecule has 28 heavy (non-hydrogen) atoms. The second-order valence-electron chi connectivity index (χ2n) is 6.06. The lowest BCUT2D eigenvalue weighted by molar-refractivity contribution is 0.103. The molecule has 142 valence electrons. The molecule has 0 atom stereocenters. The Morgan fingerprint density at radius 3 is 2.43 bits per heavy atom. The van der Waals surface area contributed by atoms with Gasteiger partial charge in [0.05, 0.1) is 21.3 Å². The van der Waals surface area contributed by atoms with Gasteiger partial charge in [-0.2, -0.15) is 0 Å². The lowest BCUT2D eigenvalue weighted by Crippen LogP contribution is -2.04. The Balaban J connectivity index is 1.69. The number of ketones is 1. The van der Waals surface area contributed by atoms with Gasteiger partial charge in [-0.1, -0.05) is 6.07 Å². The van der Waals surface area contributed by atoms with Crippen LogP contribution >= 0.6 is 0 Å². The first kappa shape index (κ1) is 17.7. The summed E-state index contributed by atoms with van der Waals surface area (Å²) in [5.74, 6) is 1.27. The van der Waals surface area contributed by atoms with Crippen molar-refractivity contribution < 1.29 is 23.4 Å². The van der Waals surface area contributed by atoms with Gasteiger partial charge in [0.15, 0.2) is 17.2 Å². The van der Waals surface area contributed by atoms with E-state index in [-0.39, 0.29) is 11.5 Å². The Labute approximate surface area is 160 Å². The fourth-order valence-electron chi connectivity index (χ4n) is 3.05. The van der Waals surface area contributed by atoms with Crippen molar-refractivity contribution in [3.63, 3.8) is 0 Å². The number of carbonyl (C=O) groups excluding carboxylic acids is 1. The highest BCUT2D eigenvalue weighted by atomic mass is 16.5. The van der Waals surface area contributed by atoms with Crippen molar-refractivity contribution in [3.8, 4) is 28.7 Å². The standard InChI is InChI=1S/C21H18N2O5/c1-25-17-9-14(10-18(26-2)20(17)27-3)19(24)16-11-28-21(23-16)13-5-4-12-6-7-22-15(12)8-13/h4-11,22H,1-3H3. The summed E-state index contributed by atoms with van der Waals surface area (Å²) >= 11 is 0. The maximum Gasteiger partial charge on any atom is 0.226 e. The minimum absolute atomic E-state index is 0.191. The van der Waals surface area contributed by atoms with Crippen molar-refractivity contribution in [3.05, 3.63) is 60.1 Å². The fraction of sp³-hybridized carbons (Fsp3) is 0.143. The van der Waals surface area contributed by atoms with Crippen LogP contribution in [0, 0.1) is 0 Å². The molecule has 0 amide bonds. The molecular formula is C21H18N2O5. The Morgan fingerprint density at radius 1 is 1.00 bits per heavy atom. The second kappa shape index (κ2) is 7.11. The molecule has 2 heterocycles. The van der Waals surface area contributed by atoms with Crippen LogP contribution in [0.4, 0.5) is 0 Å². The topological polar surface area (TPSA) is 86.6 Å². The number of aromatic nitrogens is 2. The number of carbonyl (C=O) groups is 1. The zero-order valence-corrected chi connectivity index (χ0v) is 15.6. The number of H-pyrrole nitrogens is 1. The van der Waals surface area contributed by atoms with Gasteiger partial charge in [0.2, 0.25) is 17.4 Å². The van der Waals surface area contributed by atoms with Gasteiger partial charge in [0.25, 0.3) is 0 Å². The number of benzene rings is 2. The number of ether oxygens (including phenoxy) is 3. The van der Waals surface area contributed by atoms with Crippen LogP contribution in [-0.2, 0) is 0 Å². The smallest absolute Gasteiger partial charge is 0.226 e. The van der Waals surface area contributed by atoms with Crippen LogP contribution in [-0.4, -0.2) is 37.1 Å². The third-order valence-electron chi connectivity index (χ3n) is 4.47. The molecule has 2 aromatic carbocycles. The minimum Gasteiger partial charge on any atom is -0.493 e. The van der Waals surface area contributed by atoms with Crippen LogP contribution in [0.5, 0.6) is 17.2 Å². The molecule has 0 fully saturated rings. The van der Waals surface area contributed by atoms with Crippen LogP contribution in [0.25, 0.3) is 22.4 Å². The summed E-state index contributed by atoms with van der Waals surface area (Å²) in [6.07, 6.45) is 3.21.